The Kier molecular flexibility index (Phi) is 19.2. The van der Waals surface area contributed by atoms with Crippen molar-refractivity contribution >= 4 is 0 Å². The van der Waals surface area contributed by atoms with Crippen LogP contribution in [0.1, 0.15) is 20.3 Å². The van der Waals surface area contributed by atoms with Crippen molar-refractivity contribution in [3.63, 3.8) is 0 Å². The highest BCUT2D eigenvalue weighted by atomic mass is 14.0. The molecular formula is C6H18N2. The first kappa shape index (κ1) is 15.6. The zero-order valence-electron chi connectivity index (χ0n) is 5.98. The molecule has 0 rings (SSSR count). The molecule has 0 radical (unpaired) electrons. The molecule has 0 amide bonds. The van der Waals surface area contributed by atoms with Crippen LogP contribution >= 0.6 is 0 Å². The van der Waals surface area contributed by atoms with Crippen LogP contribution in [0.3, 0.4) is 0 Å². The summed E-state index contributed by atoms with van der Waals surface area (Å²) in [5.74, 6) is 0.780. The molecule has 0 saturated heterocycles. The van der Waals surface area contributed by atoms with Gasteiger partial charge in [0.05, 0.1) is 0 Å². The van der Waals surface area contributed by atoms with Crippen LogP contribution in [-0.2, 0) is 0 Å². The first-order valence-corrected chi connectivity index (χ1v) is 2.38. The minimum Gasteiger partial charge on any atom is -0.344 e. The Labute approximate surface area is 52.1 Å². The van der Waals surface area contributed by atoms with E-state index in [9.17, 15) is 0 Å². The monoisotopic (exact) mass is 118 g/mol. The molecule has 2 nitrogen and oxygen atoms in total. The van der Waals surface area contributed by atoms with Gasteiger partial charge in [-0.2, -0.15) is 0 Å². The third kappa shape index (κ3) is 17.4. The smallest absolute Gasteiger partial charge is 0.0330 e. The average molecular weight is 118 g/mol. The fourth-order valence-electron chi connectivity index (χ4n) is 0.333. The Hall–Kier alpha value is -0.340. The zero-order chi connectivity index (χ0) is 4.99. The van der Waals surface area contributed by atoms with Crippen molar-refractivity contribution in [1.29, 1.82) is 0 Å². The molecule has 2 heteroatoms. The Morgan fingerprint density at radius 1 is 1.38 bits per heavy atom. The standard InChI is InChI=1S/C6H12.2H3N/c1-4-5-6(2)3;;/h4,6H,1,5H2,2-3H3;2*1H3. The lowest BCUT2D eigenvalue weighted by molar-refractivity contribution is 0.664. The first-order chi connectivity index (χ1) is 2.77. The fourth-order valence-corrected chi connectivity index (χ4v) is 0.333. The van der Waals surface area contributed by atoms with E-state index in [1.165, 1.54) is 0 Å². The van der Waals surface area contributed by atoms with Crippen LogP contribution in [0, 0.1) is 5.92 Å². The predicted molar refractivity (Wildman–Crippen MR) is 39.7 cm³/mol. The van der Waals surface area contributed by atoms with E-state index in [0.717, 1.165) is 12.3 Å². The van der Waals surface area contributed by atoms with E-state index >= 15 is 0 Å². The van der Waals surface area contributed by atoms with Gasteiger partial charge in [-0.25, -0.2) is 0 Å². The number of rotatable bonds is 2. The Balaban J connectivity index is -0.000000125. The molecule has 0 aliphatic carbocycles. The predicted octanol–water partition coefficient (Wildman–Crippen LogP) is 2.54. The Morgan fingerprint density at radius 2 is 1.75 bits per heavy atom. The molecule has 8 heavy (non-hydrogen) atoms. The minimum atomic E-state index is 0. The number of allylic oxidation sites excluding steroid dienone is 1. The van der Waals surface area contributed by atoms with E-state index in [1.54, 1.807) is 0 Å². The van der Waals surface area contributed by atoms with Crippen LogP contribution in [0.25, 0.3) is 0 Å². The second-order valence-corrected chi connectivity index (χ2v) is 1.92. The topological polar surface area (TPSA) is 70.0 Å². The van der Waals surface area contributed by atoms with Crippen LogP contribution in [0.15, 0.2) is 12.7 Å². The molecule has 0 bridgehead atoms. The van der Waals surface area contributed by atoms with Crippen LogP contribution in [0.4, 0.5) is 0 Å². The lowest BCUT2D eigenvalue weighted by atomic mass is 10.1. The van der Waals surface area contributed by atoms with E-state index in [2.05, 4.69) is 20.4 Å². The molecule has 6 N–H and O–H groups in total. The van der Waals surface area contributed by atoms with E-state index in [-0.39, 0.29) is 12.3 Å². The van der Waals surface area contributed by atoms with Crippen molar-refractivity contribution < 1.29 is 0 Å². The lowest BCUT2D eigenvalue weighted by Crippen LogP contribution is -1.78. The summed E-state index contributed by atoms with van der Waals surface area (Å²) in [4.78, 5) is 0. The van der Waals surface area contributed by atoms with Crippen molar-refractivity contribution in [3.8, 4) is 0 Å². The molecule has 0 aliphatic heterocycles. The zero-order valence-corrected chi connectivity index (χ0v) is 5.98. The van der Waals surface area contributed by atoms with Gasteiger partial charge < -0.3 is 12.3 Å². The molecule has 0 saturated carbocycles. The van der Waals surface area contributed by atoms with Gasteiger partial charge in [-0.15, -0.1) is 6.58 Å². The van der Waals surface area contributed by atoms with Crippen molar-refractivity contribution in [1.82, 2.24) is 12.3 Å². The van der Waals surface area contributed by atoms with Crippen molar-refractivity contribution in [2.24, 2.45) is 5.92 Å². The normalized spacial score (nSPS) is 6.88. The van der Waals surface area contributed by atoms with Gasteiger partial charge in [0.25, 0.3) is 0 Å². The summed E-state index contributed by atoms with van der Waals surface area (Å²) >= 11 is 0. The van der Waals surface area contributed by atoms with Gasteiger partial charge in [-0.3, -0.25) is 0 Å². The second kappa shape index (κ2) is 9.83. The lowest BCUT2D eigenvalue weighted by Gasteiger charge is -1.92. The minimum absolute atomic E-state index is 0. The summed E-state index contributed by atoms with van der Waals surface area (Å²) in [6.45, 7) is 7.97. The quantitative estimate of drug-likeness (QED) is 0.547. The molecular weight excluding hydrogens is 100 g/mol. The molecule has 0 aromatic carbocycles. The average Bonchev–Trinajstić information content (AvgIpc) is 1.35. The molecule has 0 aromatic rings. The number of hydrogen-bond acceptors (Lipinski definition) is 2. The summed E-state index contributed by atoms with van der Waals surface area (Å²) in [6, 6.07) is 0. The van der Waals surface area contributed by atoms with Crippen LogP contribution in [-0.4, -0.2) is 0 Å². The highest BCUT2D eigenvalue weighted by Crippen LogP contribution is 1.96. The van der Waals surface area contributed by atoms with Gasteiger partial charge >= 0.3 is 0 Å². The largest absolute Gasteiger partial charge is 0.344 e. The molecule has 0 heterocycles. The third-order valence-electron chi connectivity index (χ3n) is 0.638. The molecule has 0 spiro atoms. The highest BCUT2D eigenvalue weighted by molar-refractivity contribution is 4.67. The molecule has 0 aliphatic rings. The van der Waals surface area contributed by atoms with E-state index in [0.29, 0.717) is 0 Å². The van der Waals surface area contributed by atoms with Gasteiger partial charge in [-0.1, -0.05) is 19.9 Å². The van der Waals surface area contributed by atoms with Gasteiger partial charge in [-0.05, 0) is 12.3 Å². The molecule has 0 aromatic heterocycles. The summed E-state index contributed by atoms with van der Waals surface area (Å²) in [7, 11) is 0. The maximum atomic E-state index is 3.60. The molecule has 0 atom stereocenters. The molecule has 0 fully saturated rings. The maximum Gasteiger partial charge on any atom is -0.0330 e. The Bertz CT molecular complexity index is 41.8. The highest BCUT2D eigenvalue weighted by Gasteiger charge is 1.82. The van der Waals surface area contributed by atoms with Crippen molar-refractivity contribution in [3.05, 3.63) is 12.7 Å². The summed E-state index contributed by atoms with van der Waals surface area (Å²) in [5.41, 5.74) is 0. The summed E-state index contributed by atoms with van der Waals surface area (Å²) < 4.78 is 0. The third-order valence-corrected chi connectivity index (χ3v) is 0.638. The fraction of sp³-hybridized carbons (Fsp3) is 0.667. The van der Waals surface area contributed by atoms with Gasteiger partial charge in [0, 0.05) is 0 Å². The van der Waals surface area contributed by atoms with Crippen molar-refractivity contribution in [2.45, 2.75) is 20.3 Å². The van der Waals surface area contributed by atoms with Crippen LogP contribution in [0.2, 0.25) is 0 Å². The van der Waals surface area contributed by atoms with Crippen LogP contribution in [0.5, 0.6) is 0 Å². The summed E-state index contributed by atoms with van der Waals surface area (Å²) in [6.07, 6.45) is 3.09. The van der Waals surface area contributed by atoms with E-state index in [4.69, 9.17) is 0 Å². The number of hydrogen-bond donors (Lipinski definition) is 2. The molecule has 0 unspecified atom stereocenters. The Morgan fingerprint density at radius 3 is 1.75 bits per heavy atom. The van der Waals surface area contributed by atoms with Gasteiger partial charge in [0.2, 0.25) is 0 Å². The second-order valence-electron chi connectivity index (χ2n) is 1.92. The van der Waals surface area contributed by atoms with Gasteiger partial charge in [0.15, 0.2) is 0 Å². The van der Waals surface area contributed by atoms with Crippen molar-refractivity contribution in [2.75, 3.05) is 0 Å². The summed E-state index contributed by atoms with van der Waals surface area (Å²) in [5, 5.41) is 0. The van der Waals surface area contributed by atoms with E-state index < -0.39 is 0 Å². The first-order valence-electron chi connectivity index (χ1n) is 2.38. The van der Waals surface area contributed by atoms with E-state index in [1.807, 2.05) is 6.08 Å². The maximum absolute atomic E-state index is 3.60. The van der Waals surface area contributed by atoms with Crippen LogP contribution < -0.4 is 12.3 Å². The SMILES string of the molecule is C=CCC(C)C.N.N. The molecule has 52 valence electrons. The van der Waals surface area contributed by atoms with Gasteiger partial charge in [0.1, 0.15) is 0 Å².